The van der Waals surface area contributed by atoms with E-state index in [0.29, 0.717) is 28.2 Å². The largest absolute Gasteiger partial charge is 0.377 e. The van der Waals surface area contributed by atoms with Crippen LogP contribution in [-0.2, 0) is 5.97 Å². The minimum atomic E-state index is -3.29. The molecule has 7 N–H and O–H groups in total. The Bertz CT molecular complexity index is 1050. The van der Waals surface area contributed by atoms with Crippen LogP contribution in [0.4, 0.5) is 4.39 Å². The number of halogens is 1. The zero-order valence-corrected chi connectivity index (χ0v) is 23.4. The smallest absolute Gasteiger partial charge is 0.307 e. The molecule has 1 atom stereocenters. The number of aliphatic hydroxyl groups is 4. The second-order valence-electron chi connectivity index (χ2n) is 9.81. The summed E-state index contributed by atoms with van der Waals surface area (Å²) in [6.45, 7) is 14.8. The number of nitrogens with zero attached hydrogens (tertiary/aromatic N) is 1. The van der Waals surface area contributed by atoms with Crippen LogP contribution in [0.5, 0.6) is 0 Å². The SMILES string of the molecule is C=C(/C=C\C(C)=C/C)/C(=C(\C#N)c1cc(F)c(C(O)(O)O)cc1C)C(C)CC1CC1.CC(C)(N)O.OS. The first-order valence-corrected chi connectivity index (χ1v) is 12.2. The number of hydrogen-bond donors (Lipinski definition) is 7. The normalized spacial score (nSPS) is 15.5. The van der Waals surface area contributed by atoms with Gasteiger partial charge in [0.1, 0.15) is 17.6 Å². The zero-order valence-electron chi connectivity index (χ0n) is 22.5. The van der Waals surface area contributed by atoms with Crippen molar-refractivity contribution in [2.45, 2.75) is 72.5 Å². The van der Waals surface area contributed by atoms with Gasteiger partial charge in [-0.05, 0) is 100 Å². The second-order valence-corrected chi connectivity index (χ2v) is 9.81. The van der Waals surface area contributed by atoms with Gasteiger partial charge in [0.05, 0.1) is 11.1 Å². The second kappa shape index (κ2) is 15.2. The summed E-state index contributed by atoms with van der Waals surface area (Å²) in [4.78, 5) is 0. The first-order chi connectivity index (χ1) is 17.0. The standard InChI is InChI=1S/C25H30FNO3.C3H9NO.H2OS/c1-6-15(2)7-8-16(3)24(18(5)11-19-9-10-19)21(14-27)20-13-23(26)22(12-17(20)4)25(28,29)30;1-3(2,4)5;1-2/h6-8,12-13,18-19,28-30H,3,9-11H2,1-2,4-5H3;5H,4H2,1-2H3;1-2H/b8-7-,15-6-,24-21-;;. The van der Waals surface area contributed by atoms with Gasteiger partial charge in [-0.15, -0.1) is 0 Å². The maximum atomic E-state index is 14.6. The van der Waals surface area contributed by atoms with Crippen molar-refractivity contribution in [1.82, 2.24) is 0 Å². The lowest BCUT2D eigenvalue weighted by atomic mass is 9.83. The molecular weight excluding hydrogens is 495 g/mol. The van der Waals surface area contributed by atoms with Gasteiger partial charge in [0.25, 0.3) is 0 Å². The van der Waals surface area contributed by atoms with Crippen LogP contribution in [0.15, 0.2) is 53.7 Å². The van der Waals surface area contributed by atoms with Crippen LogP contribution in [0.3, 0.4) is 0 Å². The maximum absolute atomic E-state index is 14.6. The van der Waals surface area contributed by atoms with E-state index < -0.39 is 23.1 Å². The lowest BCUT2D eigenvalue weighted by molar-refractivity contribution is -0.325. The Kier molecular flexibility index (Phi) is 14.3. The third-order valence-electron chi connectivity index (χ3n) is 5.55. The molecule has 0 radical (unpaired) electrons. The Labute approximate surface area is 225 Å². The van der Waals surface area contributed by atoms with Gasteiger partial charge >= 0.3 is 5.97 Å². The van der Waals surface area contributed by atoms with Crippen LogP contribution in [0.25, 0.3) is 5.57 Å². The summed E-state index contributed by atoms with van der Waals surface area (Å²) in [5, 5.41) is 46.5. The highest BCUT2D eigenvalue weighted by atomic mass is 32.1. The predicted octanol–water partition coefficient (Wildman–Crippen LogP) is 5.08. The van der Waals surface area contributed by atoms with Crippen LogP contribution < -0.4 is 5.73 Å². The van der Waals surface area contributed by atoms with Crippen molar-refractivity contribution < 1.29 is 29.4 Å². The third kappa shape index (κ3) is 12.7. The lowest BCUT2D eigenvalue weighted by Gasteiger charge is -2.21. The van der Waals surface area contributed by atoms with Gasteiger partial charge in [-0.25, -0.2) is 4.39 Å². The molecule has 1 aromatic carbocycles. The fraction of sp³-hybridized carbons (Fsp3) is 0.464. The molecule has 1 aromatic rings. The van der Waals surface area contributed by atoms with Crippen molar-refractivity contribution in [3.63, 3.8) is 0 Å². The molecule has 0 aliphatic heterocycles. The number of nitriles is 1. The molecule has 1 fully saturated rings. The summed E-state index contributed by atoms with van der Waals surface area (Å²) < 4.78 is 21.2. The minimum absolute atomic E-state index is 0.0463. The maximum Gasteiger partial charge on any atom is 0.307 e. The molecule has 0 aromatic heterocycles. The zero-order chi connectivity index (χ0) is 29.1. The molecule has 9 heteroatoms. The Hall–Kier alpha value is -2.29. The highest BCUT2D eigenvalue weighted by Crippen LogP contribution is 2.41. The molecule has 1 aliphatic carbocycles. The quantitative estimate of drug-likeness (QED) is 0.0805. The number of nitrogens with two attached hydrogens (primary N) is 1. The fourth-order valence-electron chi connectivity index (χ4n) is 3.59. The van der Waals surface area contributed by atoms with Gasteiger partial charge < -0.3 is 30.7 Å². The molecule has 0 saturated heterocycles. The van der Waals surface area contributed by atoms with Crippen LogP contribution in [0, 0.1) is 35.9 Å². The highest BCUT2D eigenvalue weighted by molar-refractivity contribution is 7.74. The number of hydrogen-bond acceptors (Lipinski definition) is 8. The summed E-state index contributed by atoms with van der Waals surface area (Å²) in [5.74, 6) is -3.62. The molecule has 2 rings (SSSR count). The van der Waals surface area contributed by atoms with Crippen molar-refractivity contribution in [2.75, 3.05) is 0 Å². The van der Waals surface area contributed by atoms with E-state index in [1.165, 1.54) is 26.7 Å². The summed E-state index contributed by atoms with van der Waals surface area (Å²) in [7, 11) is 0. The van der Waals surface area contributed by atoms with Gasteiger partial charge in [0, 0.05) is 0 Å². The average molecular weight is 537 g/mol. The number of aryl methyl sites for hydroxylation is 1. The van der Waals surface area contributed by atoms with Crippen LogP contribution in [0.1, 0.15) is 70.6 Å². The number of rotatable bonds is 8. The number of benzene rings is 1. The Balaban J connectivity index is 0.00000165. The Morgan fingerprint density at radius 2 is 1.76 bits per heavy atom. The molecule has 0 amide bonds. The van der Waals surface area contributed by atoms with E-state index in [2.05, 4.69) is 25.6 Å². The predicted molar refractivity (Wildman–Crippen MR) is 148 cm³/mol. The first kappa shape index (κ1) is 34.7. The number of allylic oxidation sites excluding steroid dienone is 7. The van der Waals surface area contributed by atoms with Crippen LogP contribution in [-0.4, -0.2) is 30.7 Å². The molecule has 0 bridgehead atoms. The van der Waals surface area contributed by atoms with E-state index in [-0.39, 0.29) is 5.92 Å². The average Bonchev–Trinajstić information content (AvgIpc) is 3.60. The first-order valence-electron chi connectivity index (χ1n) is 11.8. The van der Waals surface area contributed by atoms with E-state index in [4.69, 9.17) is 15.4 Å². The van der Waals surface area contributed by atoms with Gasteiger partial charge in [-0.1, -0.05) is 50.1 Å². The van der Waals surface area contributed by atoms with E-state index in [9.17, 15) is 25.0 Å². The topological polar surface area (TPSA) is 151 Å². The van der Waals surface area contributed by atoms with Gasteiger partial charge in [0.2, 0.25) is 0 Å². The van der Waals surface area contributed by atoms with Crippen molar-refractivity contribution in [2.24, 2.45) is 17.6 Å². The number of thiol groups is 1. The van der Waals surface area contributed by atoms with Crippen molar-refractivity contribution in [3.8, 4) is 6.07 Å². The van der Waals surface area contributed by atoms with E-state index in [1.54, 1.807) is 6.92 Å². The van der Waals surface area contributed by atoms with Crippen molar-refractivity contribution in [1.29, 1.82) is 5.26 Å². The lowest BCUT2D eigenvalue weighted by Crippen LogP contribution is -2.30. The van der Waals surface area contributed by atoms with Gasteiger partial charge in [-0.2, -0.15) is 5.26 Å². The molecular formula is C28H41FN2O5S. The van der Waals surface area contributed by atoms with Crippen LogP contribution in [0.2, 0.25) is 0 Å². The van der Waals surface area contributed by atoms with Gasteiger partial charge in [0.15, 0.2) is 0 Å². The molecule has 1 aliphatic rings. The third-order valence-corrected chi connectivity index (χ3v) is 5.55. The van der Waals surface area contributed by atoms with Gasteiger partial charge in [-0.3, -0.25) is 0 Å². The van der Waals surface area contributed by atoms with E-state index in [1.807, 2.05) is 39.0 Å². The fourth-order valence-corrected chi connectivity index (χ4v) is 3.59. The molecule has 37 heavy (non-hydrogen) atoms. The van der Waals surface area contributed by atoms with Crippen molar-refractivity contribution in [3.05, 3.63) is 76.2 Å². The highest BCUT2D eigenvalue weighted by Gasteiger charge is 2.30. The molecule has 1 unspecified atom stereocenters. The van der Waals surface area contributed by atoms with E-state index >= 15 is 0 Å². The molecule has 7 nitrogen and oxygen atoms in total. The van der Waals surface area contributed by atoms with E-state index in [0.717, 1.165) is 29.7 Å². The minimum Gasteiger partial charge on any atom is -0.377 e. The summed E-state index contributed by atoms with van der Waals surface area (Å²) >= 11 is 2.53. The van der Waals surface area contributed by atoms with Crippen LogP contribution >= 0.6 is 12.9 Å². The Morgan fingerprint density at radius 1 is 1.24 bits per heavy atom. The molecule has 0 spiro atoms. The summed E-state index contributed by atoms with van der Waals surface area (Å²) in [5.41, 5.74) is 6.84. The summed E-state index contributed by atoms with van der Waals surface area (Å²) in [6, 6.07) is 4.43. The summed E-state index contributed by atoms with van der Waals surface area (Å²) in [6.07, 6.45) is 9.03. The Morgan fingerprint density at radius 3 is 2.16 bits per heavy atom. The van der Waals surface area contributed by atoms with Crippen molar-refractivity contribution >= 4 is 18.5 Å². The molecule has 0 heterocycles. The monoisotopic (exact) mass is 536 g/mol. The molecule has 206 valence electrons. The molecule has 1 saturated carbocycles.